The maximum atomic E-state index is 11.6. The molecule has 0 aromatic carbocycles. The highest BCUT2D eigenvalue weighted by atomic mass is 32.6. The molecule has 1 aliphatic heterocycles. The van der Waals surface area contributed by atoms with Crippen molar-refractivity contribution in [3.63, 3.8) is 0 Å². The predicted molar refractivity (Wildman–Crippen MR) is 78.0 cm³/mol. The van der Waals surface area contributed by atoms with E-state index in [2.05, 4.69) is 4.98 Å². The first-order valence-electron chi connectivity index (χ1n) is 5.67. The van der Waals surface area contributed by atoms with Crippen LogP contribution >= 0.6 is 15.1 Å². The summed E-state index contributed by atoms with van der Waals surface area (Å²) in [7, 11) is 2.03. The number of ether oxygens (including phenoxy) is 1. The molecule has 1 fully saturated rings. The van der Waals surface area contributed by atoms with Crippen LogP contribution in [0, 0.1) is 0 Å². The van der Waals surface area contributed by atoms with Gasteiger partial charge in [-0.05, 0) is 20.7 Å². The lowest BCUT2D eigenvalue weighted by molar-refractivity contribution is -0.0402. The number of hydrogen-bond donors (Lipinski definition) is 3. The Morgan fingerprint density at radius 3 is 2.95 bits per heavy atom. The van der Waals surface area contributed by atoms with Crippen molar-refractivity contribution in [2.45, 2.75) is 24.9 Å². The van der Waals surface area contributed by atoms with Gasteiger partial charge in [0.15, 0.2) is 0 Å². The standard InChI is InChI=1S/C9H14N2O6P2S/c12-5-3-8(11-2-1-7(13)10-9(11)14)17-6(5)4-16-19(15,18)20/h1-2,5-6,8,12H,3-4,18H2,(H,15,20)(H,10,13,14)/t5-,6+,8+,19?/m0/s1. The van der Waals surface area contributed by atoms with Gasteiger partial charge in [0.05, 0.1) is 12.7 Å². The minimum Gasteiger partial charge on any atom is -0.390 e. The normalized spacial score (nSPS) is 29.2. The summed E-state index contributed by atoms with van der Waals surface area (Å²) < 4.78 is 11.7. The first kappa shape index (κ1) is 16.0. The SMILES string of the molecule is O=c1ccn([C@H]2C[C@H](O)[C@@H](COP(O)(P)=S)O2)c(=O)[nH]1. The summed E-state index contributed by atoms with van der Waals surface area (Å²) in [5.74, 6) is 0. The summed E-state index contributed by atoms with van der Waals surface area (Å²) >= 11 is 4.69. The van der Waals surface area contributed by atoms with Gasteiger partial charge in [-0.3, -0.25) is 14.3 Å². The molecule has 0 amide bonds. The van der Waals surface area contributed by atoms with E-state index in [1.54, 1.807) is 0 Å². The van der Waals surface area contributed by atoms with Crippen LogP contribution in [0.1, 0.15) is 12.6 Å². The number of aromatic nitrogens is 2. The summed E-state index contributed by atoms with van der Waals surface area (Å²) in [6.45, 7) is -0.0763. The number of aliphatic hydroxyl groups excluding tert-OH is 1. The molecule has 1 saturated heterocycles. The second-order valence-electron chi connectivity index (χ2n) is 4.31. The molecule has 0 bridgehead atoms. The Bertz CT molecular complexity index is 640. The van der Waals surface area contributed by atoms with Crippen LogP contribution in [0.4, 0.5) is 0 Å². The van der Waals surface area contributed by atoms with Gasteiger partial charge in [0.2, 0.25) is 6.18 Å². The average Bonchev–Trinajstić information content (AvgIpc) is 2.67. The maximum Gasteiger partial charge on any atom is 0.330 e. The van der Waals surface area contributed by atoms with Gasteiger partial charge in [-0.1, -0.05) is 0 Å². The molecule has 1 aliphatic rings. The molecule has 0 spiro atoms. The van der Waals surface area contributed by atoms with E-state index in [1.165, 1.54) is 16.8 Å². The van der Waals surface area contributed by atoms with Crippen LogP contribution in [-0.4, -0.2) is 38.4 Å². The van der Waals surface area contributed by atoms with Gasteiger partial charge in [-0.15, -0.1) is 0 Å². The highest BCUT2D eigenvalue weighted by Crippen LogP contribution is 2.51. The molecule has 5 atom stereocenters. The van der Waals surface area contributed by atoms with E-state index in [0.29, 0.717) is 0 Å². The monoisotopic (exact) mass is 340 g/mol. The molecule has 112 valence electrons. The molecule has 1 aromatic rings. The fourth-order valence-corrected chi connectivity index (χ4v) is 2.67. The Morgan fingerprint density at radius 2 is 2.35 bits per heavy atom. The summed E-state index contributed by atoms with van der Waals surface area (Å²) in [6.07, 6.45) is -3.70. The number of aliphatic hydroxyl groups is 1. The van der Waals surface area contributed by atoms with Crippen LogP contribution in [-0.2, 0) is 21.1 Å². The van der Waals surface area contributed by atoms with E-state index in [4.69, 9.17) is 21.1 Å². The summed E-state index contributed by atoms with van der Waals surface area (Å²) in [4.78, 5) is 34.1. The quantitative estimate of drug-likeness (QED) is 0.621. The van der Waals surface area contributed by atoms with Crippen molar-refractivity contribution >= 4 is 26.9 Å². The number of hydrogen-bond acceptors (Lipinski definition) is 6. The summed E-state index contributed by atoms with van der Waals surface area (Å²) in [5, 5.41) is 9.86. The van der Waals surface area contributed by atoms with Crippen molar-refractivity contribution in [1.29, 1.82) is 0 Å². The first-order valence-corrected chi connectivity index (χ1v) is 9.96. The zero-order valence-corrected chi connectivity index (χ0v) is 13.1. The van der Waals surface area contributed by atoms with Gasteiger partial charge < -0.3 is 19.3 Å². The lowest BCUT2D eigenvalue weighted by Gasteiger charge is -2.18. The first-order chi connectivity index (χ1) is 9.26. The van der Waals surface area contributed by atoms with Crippen LogP contribution < -0.4 is 11.2 Å². The number of nitrogens with one attached hydrogen (secondary N) is 1. The highest BCUT2D eigenvalue weighted by molar-refractivity contribution is 8.38. The minimum absolute atomic E-state index is 0.0763. The third kappa shape index (κ3) is 4.05. The van der Waals surface area contributed by atoms with Crippen molar-refractivity contribution in [3.05, 3.63) is 33.1 Å². The van der Waals surface area contributed by atoms with Crippen molar-refractivity contribution in [2.24, 2.45) is 0 Å². The Labute approximate surface area is 121 Å². The van der Waals surface area contributed by atoms with Crippen LogP contribution in [0.2, 0.25) is 0 Å². The molecule has 1 aromatic heterocycles. The fourth-order valence-electron chi connectivity index (χ4n) is 1.87. The molecule has 2 rings (SSSR count). The van der Waals surface area contributed by atoms with E-state index >= 15 is 0 Å². The molecule has 0 aliphatic carbocycles. The second-order valence-corrected chi connectivity index (χ2v) is 10.5. The Balaban J connectivity index is 2.08. The van der Waals surface area contributed by atoms with Gasteiger partial charge in [-0.25, -0.2) is 4.79 Å². The van der Waals surface area contributed by atoms with Gasteiger partial charge in [0.25, 0.3) is 5.56 Å². The lowest BCUT2D eigenvalue weighted by Crippen LogP contribution is -2.31. The average molecular weight is 340 g/mol. The van der Waals surface area contributed by atoms with Crippen molar-refractivity contribution in [3.8, 4) is 0 Å². The molecule has 2 unspecified atom stereocenters. The van der Waals surface area contributed by atoms with Crippen LogP contribution in [0.3, 0.4) is 0 Å². The third-order valence-electron chi connectivity index (χ3n) is 2.79. The maximum absolute atomic E-state index is 11.6. The molecular formula is C9H14N2O6P2S. The molecule has 8 nitrogen and oxygen atoms in total. The summed E-state index contributed by atoms with van der Waals surface area (Å²) in [5.41, 5.74) is -1.12. The Kier molecular flexibility index (Phi) is 4.92. The van der Waals surface area contributed by atoms with Crippen LogP contribution in [0.5, 0.6) is 0 Å². The third-order valence-corrected chi connectivity index (χ3v) is 4.07. The van der Waals surface area contributed by atoms with Crippen molar-refractivity contribution < 1.29 is 19.3 Å². The second kappa shape index (κ2) is 6.15. The Hall–Kier alpha value is -0.400. The molecule has 0 saturated carbocycles. The fraction of sp³-hybridized carbons (Fsp3) is 0.556. The zero-order valence-electron chi connectivity index (χ0n) is 10.2. The molecule has 2 heterocycles. The molecule has 3 N–H and O–H groups in total. The topological polar surface area (TPSA) is 114 Å². The van der Waals surface area contributed by atoms with Crippen molar-refractivity contribution in [1.82, 2.24) is 9.55 Å². The largest absolute Gasteiger partial charge is 0.390 e. The Morgan fingerprint density at radius 1 is 1.65 bits per heavy atom. The highest BCUT2D eigenvalue weighted by Gasteiger charge is 2.36. The van der Waals surface area contributed by atoms with Crippen molar-refractivity contribution in [2.75, 3.05) is 6.61 Å². The van der Waals surface area contributed by atoms with Gasteiger partial charge >= 0.3 is 5.69 Å². The van der Waals surface area contributed by atoms with Gasteiger partial charge in [0.1, 0.15) is 12.3 Å². The molecule has 11 heteroatoms. The van der Waals surface area contributed by atoms with E-state index in [9.17, 15) is 19.6 Å². The van der Waals surface area contributed by atoms with E-state index in [0.717, 1.165) is 0 Å². The number of H-pyrrole nitrogens is 1. The van der Waals surface area contributed by atoms with E-state index in [-0.39, 0.29) is 13.0 Å². The van der Waals surface area contributed by atoms with Crippen LogP contribution in [0.25, 0.3) is 0 Å². The number of rotatable bonds is 4. The van der Waals surface area contributed by atoms with E-state index in [1.807, 2.05) is 8.93 Å². The molecule has 0 radical (unpaired) electrons. The number of aromatic amines is 1. The zero-order chi connectivity index (χ0) is 14.9. The van der Waals surface area contributed by atoms with Gasteiger partial charge in [-0.2, -0.15) is 0 Å². The molecular weight excluding hydrogens is 326 g/mol. The smallest absolute Gasteiger partial charge is 0.330 e. The van der Waals surface area contributed by atoms with Gasteiger partial charge in [0, 0.05) is 18.7 Å². The number of nitrogens with zero attached hydrogens (tertiary/aromatic N) is 1. The predicted octanol–water partition coefficient (Wildman–Crippen LogP) is -0.707. The minimum atomic E-state index is -2.91. The molecule has 20 heavy (non-hydrogen) atoms. The lowest BCUT2D eigenvalue weighted by atomic mass is 10.2. The van der Waals surface area contributed by atoms with Crippen LogP contribution in [0.15, 0.2) is 21.9 Å². The van der Waals surface area contributed by atoms with E-state index < -0.39 is 35.9 Å². The summed E-state index contributed by atoms with van der Waals surface area (Å²) in [6, 6.07) is 1.19.